The molecule has 0 amide bonds. The first kappa shape index (κ1) is 57.3. The number of ether oxygens (including phenoxy) is 2. The highest BCUT2D eigenvalue weighted by molar-refractivity contribution is 7.47. The van der Waals surface area contributed by atoms with Crippen LogP contribution >= 0.6 is 15.6 Å². The fourth-order valence-electron chi connectivity index (χ4n) is 5.10. The Labute approximate surface area is 359 Å². The van der Waals surface area contributed by atoms with Gasteiger partial charge in [0.2, 0.25) is 0 Å². The fraction of sp³-hybridized carbons (Fsp3) is 0.636. The molecule has 0 aromatic carbocycles. The maximum Gasteiger partial charge on any atom is 0.472 e. The van der Waals surface area contributed by atoms with Crippen molar-refractivity contribution in [2.75, 3.05) is 26.4 Å². The number of esters is 2. The van der Waals surface area contributed by atoms with E-state index < -0.39 is 72.3 Å². The van der Waals surface area contributed by atoms with Crippen LogP contribution in [0.5, 0.6) is 0 Å². The lowest BCUT2D eigenvalue weighted by Gasteiger charge is -2.20. The van der Waals surface area contributed by atoms with Crippen molar-refractivity contribution >= 4 is 27.6 Å². The Hall–Kier alpha value is -2.74. The molecule has 0 spiro atoms. The summed E-state index contributed by atoms with van der Waals surface area (Å²) in [4.78, 5) is 52.6. The maximum atomic E-state index is 12.6. The Balaban J connectivity index is 4.77. The first-order valence-electron chi connectivity index (χ1n) is 21.4. The van der Waals surface area contributed by atoms with E-state index in [1.165, 1.54) is 25.7 Å². The number of carbonyl (C=O) groups excluding carboxylic acids is 2. The van der Waals surface area contributed by atoms with Crippen LogP contribution in [-0.2, 0) is 41.8 Å². The van der Waals surface area contributed by atoms with Crippen LogP contribution in [0.2, 0.25) is 0 Å². The van der Waals surface area contributed by atoms with E-state index in [-0.39, 0.29) is 19.3 Å². The molecule has 344 valence electrons. The molecule has 0 radical (unpaired) electrons. The zero-order chi connectivity index (χ0) is 44.6. The number of aliphatic hydroxyl groups is 2. The number of phosphoric acid groups is 2. The van der Waals surface area contributed by atoms with Gasteiger partial charge in [0.05, 0.1) is 25.9 Å². The number of phosphoric ester groups is 2. The second kappa shape index (κ2) is 39.1. The summed E-state index contributed by atoms with van der Waals surface area (Å²) in [5.41, 5.74) is 0. The van der Waals surface area contributed by atoms with E-state index in [4.69, 9.17) is 23.8 Å². The predicted molar refractivity (Wildman–Crippen MR) is 236 cm³/mol. The van der Waals surface area contributed by atoms with Gasteiger partial charge in [0.25, 0.3) is 0 Å². The summed E-state index contributed by atoms with van der Waals surface area (Å²) in [5, 5.41) is 20.0. The average Bonchev–Trinajstić information content (AvgIpc) is 3.20. The molecule has 5 N–H and O–H groups in total. The molecule has 0 aromatic heterocycles. The van der Waals surface area contributed by atoms with Gasteiger partial charge < -0.3 is 34.4 Å². The minimum Gasteiger partial charge on any atom is -0.462 e. The van der Waals surface area contributed by atoms with Gasteiger partial charge in [-0.05, 0) is 70.6 Å². The Bertz CT molecular complexity index is 1400. The van der Waals surface area contributed by atoms with Crippen molar-refractivity contribution in [1.29, 1.82) is 0 Å². The molecule has 0 heterocycles. The van der Waals surface area contributed by atoms with Crippen molar-refractivity contribution in [3.8, 4) is 0 Å². The first-order chi connectivity index (χ1) is 28.8. The Morgan fingerprint density at radius 2 is 1.10 bits per heavy atom. The molecule has 0 aliphatic carbocycles. The Kier molecular flexibility index (Phi) is 37.3. The van der Waals surface area contributed by atoms with E-state index in [9.17, 15) is 33.8 Å². The van der Waals surface area contributed by atoms with Gasteiger partial charge in [-0.15, -0.1) is 0 Å². The first-order valence-corrected chi connectivity index (χ1v) is 24.4. The molecular formula is C44H74O14P2. The number of rotatable bonds is 39. The van der Waals surface area contributed by atoms with Crippen LogP contribution in [0.3, 0.4) is 0 Å². The van der Waals surface area contributed by atoms with Crippen molar-refractivity contribution in [2.45, 2.75) is 154 Å². The number of allylic oxidation sites excluding steroid dienone is 13. The number of unbranched alkanes of at least 4 members (excludes halogenated alkanes) is 9. The second-order valence-electron chi connectivity index (χ2n) is 14.1. The van der Waals surface area contributed by atoms with Gasteiger partial charge in [-0.1, -0.05) is 137 Å². The number of aliphatic hydroxyl groups excluding tert-OH is 2. The van der Waals surface area contributed by atoms with Crippen molar-refractivity contribution < 1.29 is 66.7 Å². The summed E-state index contributed by atoms with van der Waals surface area (Å²) in [5.74, 6) is -1.33. The van der Waals surface area contributed by atoms with E-state index in [1.54, 1.807) is 18.2 Å². The van der Waals surface area contributed by atoms with Gasteiger partial charge >= 0.3 is 27.6 Å². The van der Waals surface area contributed by atoms with Gasteiger partial charge in [-0.3, -0.25) is 23.2 Å². The van der Waals surface area contributed by atoms with E-state index in [0.717, 1.165) is 70.6 Å². The van der Waals surface area contributed by atoms with Gasteiger partial charge in [0, 0.05) is 12.8 Å². The standard InChI is InChI=1S/C44H74O14P2/c1-3-5-7-9-11-13-15-17-18-19-21-22-24-26-28-30-32-40(45)34-35-43(47)54-38-42(39-57-60(52,53)56-37-41(46)36-55-59(49,50)51)58-44(48)33-31-29-27-25-23-20-16-14-12-10-8-6-4-2/h5,7,11,13-14,16-18,21-22,26,28,30,32,40-42,45-46H,3-4,6,8-10,12,15,19-20,23-25,27,29,31,33-39H2,1-2H3,(H,52,53)(H2,49,50,51)/b7-5-,13-11-,16-14-,18-17-,22-21-,28-26-,32-30-/t40?,41-,42+/m0/s1. The van der Waals surface area contributed by atoms with Crippen molar-refractivity contribution in [3.05, 3.63) is 85.1 Å². The minimum absolute atomic E-state index is 0.0596. The Morgan fingerprint density at radius 3 is 1.70 bits per heavy atom. The normalized spacial score (nSPS) is 15.4. The third-order valence-corrected chi connectivity index (χ3v) is 9.81. The van der Waals surface area contributed by atoms with Gasteiger partial charge in [-0.2, -0.15) is 0 Å². The molecule has 2 unspecified atom stereocenters. The van der Waals surface area contributed by atoms with Gasteiger partial charge in [0.15, 0.2) is 6.10 Å². The molecule has 16 heteroatoms. The van der Waals surface area contributed by atoms with E-state index in [1.807, 2.05) is 12.2 Å². The molecule has 60 heavy (non-hydrogen) atoms. The van der Waals surface area contributed by atoms with Crippen LogP contribution < -0.4 is 0 Å². The quantitative estimate of drug-likeness (QED) is 0.0128. The lowest BCUT2D eigenvalue weighted by molar-refractivity contribution is -0.161. The maximum absolute atomic E-state index is 12.6. The lowest BCUT2D eigenvalue weighted by Crippen LogP contribution is -2.30. The predicted octanol–water partition coefficient (Wildman–Crippen LogP) is 9.75. The van der Waals surface area contributed by atoms with Gasteiger partial charge in [-0.25, -0.2) is 9.13 Å². The molecule has 0 aliphatic rings. The number of hydrogen-bond donors (Lipinski definition) is 5. The summed E-state index contributed by atoms with van der Waals surface area (Å²) in [6, 6.07) is 0. The molecule has 0 saturated carbocycles. The van der Waals surface area contributed by atoms with Crippen LogP contribution in [0.15, 0.2) is 85.1 Å². The van der Waals surface area contributed by atoms with Crippen LogP contribution in [0, 0.1) is 0 Å². The van der Waals surface area contributed by atoms with E-state index in [0.29, 0.717) is 6.42 Å². The topological polar surface area (TPSA) is 216 Å². The van der Waals surface area contributed by atoms with Gasteiger partial charge in [0.1, 0.15) is 12.7 Å². The number of hydrogen-bond acceptors (Lipinski definition) is 11. The minimum atomic E-state index is -4.89. The molecular weight excluding hydrogens is 814 g/mol. The largest absolute Gasteiger partial charge is 0.472 e. The summed E-state index contributed by atoms with van der Waals surface area (Å²) in [6.45, 7) is 1.33. The SMILES string of the molecule is CC/C=C\C/C=C\C/C=C\C/C=C\C/C=C\C=C/C(O)CCC(=O)OC[C@H](COP(=O)(O)OC[C@@H](O)COP(=O)(O)O)OC(=O)CCCCCCC/C=C\CCCCCC. The van der Waals surface area contributed by atoms with Crippen molar-refractivity contribution in [2.24, 2.45) is 0 Å². The van der Waals surface area contributed by atoms with E-state index >= 15 is 0 Å². The second-order valence-corrected chi connectivity index (χ2v) is 16.8. The van der Waals surface area contributed by atoms with Crippen LogP contribution in [0.4, 0.5) is 0 Å². The molecule has 0 rings (SSSR count). The lowest BCUT2D eigenvalue weighted by atomic mass is 10.1. The molecule has 0 aromatic rings. The molecule has 0 fully saturated rings. The highest BCUT2D eigenvalue weighted by Crippen LogP contribution is 2.43. The summed E-state index contributed by atoms with van der Waals surface area (Å²) >= 11 is 0. The highest BCUT2D eigenvalue weighted by Gasteiger charge is 2.28. The fourth-order valence-corrected chi connectivity index (χ4v) is 6.25. The monoisotopic (exact) mass is 888 g/mol. The third-order valence-electron chi connectivity index (χ3n) is 8.38. The third kappa shape index (κ3) is 42.0. The van der Waals surface area contributed by atoms with Crippen molar-refractivity contribution in [1.82, 2.24) is 0 Å². The zero-order valence-electron chi connectivity index (χ0n) is 35.9. The van der Waals surface area contributed by atoms with Crippen LogP contribution in [0.1, 0.15) is 136 Å². The summed E-state index contributed by atoms with van der Waals surface area (Å²) in [6.07, 6.45) is 40.5. The average molecular weight is 889 g/mol. The van der Waals surface area contributed by atoms with Crippen LogP contribution in [0.25, 0.3) is 0 Å². The molecule has 14 nitrogen and oxygen atoms in total. The zero-order valence-corrected chi connectivity index (χ0v) is 37.7. The summed E-state index contributed by atoms with van der Waals surface area (Å²) in [7, 11) is -9.76. The highest BCUT2D eigenvalue weighted by atomic mass is 31.2. The molecule has 0 saturated heterocycles. The van der Waals surface area contributed by atoms with Crippen molar-refractivity contribution in [3.63, 3.8) is 0 Å². The van der Waals surface area contributed by atoms with E-state index in [2.05, 4.69) is 77.6 Å². The summed E-state index contributed by atoms with van der Waals surface area (Å²) < 4.78 is 47.5. The molecule has 0 aliphatic heterocycles. The molecule has 4 atom stereocenters. The van der Waals surface area contributed by atoms with Crippen LogP contribution in [-0.4, -0.2) is 81.6 Å². The number of carbonyl (C=O) groups is 2. The Morgan fingerprint density at radius 1 is 0.567 bits per heavy atom. The molecule has 0 bridgehead atoms. The smallest absolute Gasteiger partial charge is 0.462 e.